The molecule has 0 radical (unpaired) electrons. The Balaban J connectivity index is 1.99. The van der Waals surface area contributed by atoms with Gasteiger partial charge in [-0.3, -0.25) is 4.98 Å². The first-order chi connectivity index (χ1) is 10.1. The lowest BCUT2D eigenvalue weighted by Crippen LogP contribution is -2.06. The number of aromatic nitrogens is 1. The molecule has 2 nitrogen and oxygen atoms in total. The summed E-state index contributed by atoms with van der Waals surface area (Å²) in [6.45, 7) is 2.04. The fourth-order valence-corrected chi connectivity index (χ4v) is 4.08. The Bertz CT molecular complexity index is 801. The van der Waals surface area contributed by atoms with E-state index in [1.807, 2.05) is 37.3 Å². The number of rotatable bonds is 3. The quantitative estimate of drug-likeness (QED) is 0.584. The van der Waals surface area contributed by atoms with Gasteiger partial charge in [0.15, 0.2) is 0 Å². The number of anilines is 1. The minimum atomic E-state index is 0.0332. The smallest absolute Gasteiger partial charge is 0.0996 e. The zero-order valence-corrected chi connectivity index (χ0v) is 14.1. The molecule has 0 spiro atoms. The highest BCUT2D eigenvalue weighted by atomic mass is 35.5. The lowest BCUT2D eigenvalue weighted by Gasteiger charge is -2.16. The van der Waals surface area contributed by atoms with Crippen LogP contribution in [0.4, 0.5) is 5.69 Å². The number of nitrogens with zero attached hydrogens (tertiary/aromatic N) is 1. The van der Waals surface area contributed by atoms with Crippen molar-refractivity contribution in [2.24, 2.45) is 0 Å². The van der Waals surface area contributed by atoms with Crippen LogP contribution in [0.15, 0.2) is 36.5 Å². The Labute approximate surface area is 141 Å². The van der Waals surface area contributed by atoms with E-state index in [2.05, 4.69) is 10.3 Å². The van der Waals surface area contributed by atoms with E-state index in [1.54, 1.807) is 6.20 Å². The highest BCUT2D eigenvalue weighted by Crippen LogP contribution is 2.37. The van der Waals surface area contributed by atoms with Gasteiger partial charge in [-0.1, -0.05) is 34.8 Å². The maximum absolute atomic E-state index is 6.21. The predicted octanol–water partition coefficient (Wildman–Crippen LogP) is 6.43. The van der Waals surface area contributed by atoms with Crippen molar-refractivity contribution >= 4 is 62.7 Å². The van der Waals surface area contributed by atoms with E-state index in [4.69, 9.17) is 34.8 Å². The van der Waals surface area contributed by atoms with Crippen LogP contribution < -0.4 is 5.32 Å². The number of nitrogens with one attached hydrogen (secondary N) is 1. The molecule has 0 aliphatic heterocycles. The lowest BCUT2D eigenvalue weighted by atomic mass is 10.1. The molecule has 2 heterocycles. The summed E-state index contributed by atoms with van der Waals surface area (Å²) < 4.78 is 1.39. The molecule has 0 saturated carbocycles. The normalized spacial score (nSPS) is 12.6. The molecule has 3 rings (SSSR count). The van der Waals surface area contributed by atoms with Crippen LogP contribution in [0.2, 0.25) is 13.7 Å². The van der Waals surface area contributed by atoms with Crippen molar-refractivity contribution in [1.82, 2.24) is 4.98 Å². The third-order valence-electron chi connectivity index (χ3n) is 3.24. The molecule has 1 atom stereocenters. The number of pyridine rings is 1. The van der Waals surface area contributed by atoms with Gasteiger partial charge in [-0.05, 0) is 37.3 Å². The molecule has 1 unspecified atom stereocenters. The summed E-state index contributed by atoms with van der Waals surface area (Å²) in [6.07, 6.45) is 1.73. The fourth-order valence-electron chi connectivity index (χ4n) is 2.22. The Morgan fingerprint density at radius 3 is 2.71 bits per heavy atom. The summed E-state index contributed by atoms with van der Waals surface area (Å²) in [4.78, 5) is 4.33. The van der Waals surface area contributed by atoms with Crippen molar-refractivity contribution in [3.05, 3.63) is 55.8 Å². The maximum Gasteiger partial charge on any atom is 0.0996 e. The van der Waals surface area contributed by atoms with Gasteiger partial charge >= 0.3 is 0 Å². The Morgan fingerprint density at radius 1 is 1.19 bits per heavy atom. The van der Waals surface area contributed by atoms with Crippen molar-refractivity contribution < 1.29 is 0 Å². The molecule has 0 bridgehead atoms. The molecule has 3 aromatic rings. The highest BCUT2D eigenvalue weighted by molar-refractivity contribution is 7.20. The second kappa shape index (κ2) is 6.01. The molecule has 2 aromatic heterocycles. The molecule has 0 fully saturated rings. The third-order valence-corrected chi connectivity index (χ3v) is 5.07. The number of fused-ring (bicyclic) bond motifs is 1. The van der Waals surface area contributed by atoms with Crippen LogP contribution in [0.25, 0.3) is 10.9 Å². The van der Waals surface area contributed by atoms with E-state index in [1.165, 1.54) is 11.3 Å². The van der Waals surface area contributed by atoms with Crippen molar-refractivity contribution in [3.63, 3.8) is 0 Å². The number of benzene rings is 1. The molecule has 1 N–H and O–H groups in total. The van der Waals surface area contributed by atoms with E-state index in [0.29, 0.717) is 13.7 Å². The first kappa shape index (κ1) is 14.9. The average molecular weight is 358 g/mol. The van der Waals surface area contributed by atoms with E-state index < -0.39 is 0 Å². The highest BCUT2D eigenvalue weighted by Gasteiger charge is 2.15. The van der Waals surface area contributed by atoms with Crippen LogP contribution in [0.5, 0.6) is 0 Å². The minimum absolute atomic E-state index is 0.0332. The maximum atomic E-state index is 6.21. The summed E-state index contributed by atoms with van der Waals surface area (Å²) in [5.41, 5.74) is 2.73. The van der Waals surface area contributed by atoms with Gasteiger partial charge in [0.2, 0.25) is 0 Å². The fraction of sp³-hybridized carbons (Fsp3) is 0.133. The van der Waals surface area contributed by atoms with Gasteiger partial charge in [0, 0.05) is 22.8 Å². The molecule has 108 valence electrons. The average Bonchev–Trinajstić information content (AvgIpc) is 2.81. The van der Waals surface area contributed by atoms with Crippen molar-refractivity contribution in [2.75, 3.05) is 5.32 Å². The molecule has 21 heavy (non-hydrogen) atoms. The molecule has 0 saturated heterocycles. The van der Waals surface area contributed by atoms with Crippen molar-refractivity contribution in [2.45, 2.75) is 13.0 Å². The van der Waals surface area contributed by atoms with Gasteiger partial charge in [-0.2, -0.15) is 0 Å². The summed E-state index contributed by atoms with van der Waals surface area (Å²) in [5.74, 6) is 0. The molecule has 0 aliphatic carbocycles. The Morgan fingerprint density at radius 2 is 2.00 bits per heavy atom. The summed E-state index contributed by atoms with van der Waals surface area (Å²) in [5, 5.41) is 5.07. The van der Waals surface area contributed by atoms with E-state index in [9.17, 15) is 0 Å². The van der Waals surface area contributed by atoms with Crippen LogP contribution >= 0.6 is 46.1 Å². The zero-order valence-electron chi connectivity index (χ0n) is 11.0. The monoisotopic (exact) mass is 356 g/mol. The van der Waals surface area contributed by atoms with Gasteiger partial charge in [0.25, 0.3) is 0 Å². The molecule has 1 aromatic carbocycles. The van der Waals surface area contributed by atoms with Crippen LogP contribution in [-0.2, 0) is 0 Å². The Hall–Kier alpha value is -1.000. The molecule has 0 aliphatic rings. The topological polar surface area (TPSA) is 24.9 Å². The van der Waals surface area contributed by atoms with Gasteiger partial charge < -0.3 is 5.32 Å². The Kier molecular flexibility index (Phi) is 4.27. The minimum Gasteiger partial charge on any atom is -0.378 e. The first-order valence-corrected chi connectivity index (χ1v) is 8.26. The van der Waals surface area contributed by atoms with Crippen LogP contribution in [0.3, 0.4) is 0 Å². The van der Waals surface area contributed by atoms with Crippen molar-refractivity contribution in [1.29, 1.82) is 0 Å². The van der Waals surface area contributed by atoms with Crippen LogP contribution in [0, 0.1) is 0 Å². The number of hydrogen-bond donors (Lipinski definition) is 1. The van der Waals surface area contributed by atoms with Crippen molar-refractivity contribution in [3.8, 4) is 0 Å². The molecule has 6 heteroatoms. The summed E-state index contributed by atoms with van der Waals surface area (Å²) in [6, 6.07) is 9.60. The van der Waals surface area contributed by atoms with Gasteiger partial charge in [-0.25, -0.2) is 0 Å². The molecule has 0 amide bonds. The first-order valence-electron chi connectivity index (χ1n) is 6.31. The van der Waals surface area contributed by atoms with Gasteiger partial charge in [0.1, 0.15) is 0 Å². The van der Waals surface area contributed by atoms with Gasteiger partial charge in [-0.15, -0.1) is 11.3 Å². The van der Waals surface area contributed by atoms with Crippen LogP contribution in [0.1, 0.15) is 18.5 Å². The number of halogens is 3. The standard InChI is InChI=1S/C15H11Cl3N2S/c1-8(10-7-13(17)21-15(10)18)20-12-5-4-11(16)14-9(12)3-2-6-19-14/h2-8,20H,1H3. The second-order valence-corrected chi connectivity index (χ2v) is 7.33. The van der Waals surface area contributed by atoms with E-state index in [-0.39, 0.29) is 6.04 Å². The third kappa shape index (κ3) is 2.97. The predicted molar refractivity (Wildman–Crippen MR) is 93.1 cm³/mol. The van der Waals surface area contributed by atoms with E-state index >= 15 is 0 Å². The number of thiophene rings is 1. The lowest BCUT2D eigenvalue weighted by molar-refractivity contribution is 0.893. The van der Waals surface area contributed by atoms with Crippen LogP contribution in [-0.4, -0.2) is 4.98 Å². The molecular weight excluding hydrogens is 347 g/mol. The second-order valence-electron chi connectivity index (χ2n) is 4.64. The zero-order chi connectivity index (χ0) is 15.0. The number of hydrogen-bond acceptors (Lipinski definition) is 3. The SMILES string of the molecule is CC(Nc1ccc(Cl)c2ncccc12)c1cc(Cl)sc1Cl. The summed E-state index contributed by atoms with van der Waals surface area (Å²) >= 11 is 19.8. The molecular formula is C15H11Cl3N2S. The van der Waals surface area contributed by atoms with Gasteiger partial charge in [0.05, 0.1) is 25.3 Å². The van der Waals surface area contributed by atoms with E-state index in [0.717, 1.165) is 22.2 Å². The summed E-state index contributed by atoms with van der Waals surface area (Å²) in [7, 11) is 0. The largest absolute Gasteiger partial charge is 0.378 e.